The molecule has 2 fully saturated rings. The van der Waals surface area contributed by atoms with Gasteiger partial charge in [0.15, 0.2) is 0 Å². The fraction of sp³-hybridized carbons (Fsp3) is 0.448. The molecule has 2 amide bonds. The molecule has 8 nitrogen and oxygen atoms in total. The summed E-state index contributed by atoms with van der Waals surface area (Å²) in [5.74, 6) is 0.818. The molecule has 3 aliphatic rings. The second-order valence-corrected chi connectivity index (χ2v) is 10.1. The number of carbonyl (C=O) groups is 2. The molecule has 0 bridgehead atoms. The van der Waals surface area contributed by atoms with E-state index in [2.05, 4.69) is 21.5 Å². The molecule has 0 unspecified atom stereocenters. The predicted molar refractivity (Wildman–Crippen MR) is 144 cm³/mol. The van der Waals surface area contributed by atoms with Crippen molar-refractivity contribution in [2.45, 2.75) is 64.0 Å². The maximum Gasteiger partial charge on any atom is 0.246 e. The van der Waals surface area contributed by atoms with Crippen LogP contribution < -0.4 is 5.32 Å². The lowest BCUT2D eigenvalue weighted by molar-refractivity contribution is -0.132. The molecule has 1 saturated carbocycles. The highest BCUT2D eigenvalue weighted by Crippen LogP contribution is 2.29. The average Bonchev–Trinajstić information content (AvgIpc) is 3.30. The zero-order chi connectivity index (χ0) is 25.6. The van der Waals surface area contributed by atoms with E-state index in [1.54, 1.807) is 0 Å². The topological polar surface area (TPSA) is 86.6 Å². The zero-order valence-corrected chi connectivity index (χ0v) is 21.5. The van der Waals surface area contributed by atoms with Gasteiger partial charge in [-0.15, -0.1) is 0 Å². The van der Waals surface area contributed by atoms with Gasteiger partial charge in [0.1, 0.15) is 18.9 Å². The first-order chi connectivity index (χ1) is 18.1. The van der Waals surface area contributed by atoms with Crippen molar-refractivity contribution in [3.8, 4) is 0 Å². The molecule has 0 aromatic heterocycles. The molecule has 194 valence electrons. The number of nitrogens with zero attached hydrogens (tertiary/aromatic N) is 4. The van der Waals surface area contributed by atoms with E-state index in [1.807, 2.05) is 59.3 Å². The van der Waals surface area contributed by atoms with Crippen LogP contribution in [-0.4, -0.2) is 59.5 Å². The number of amides is 2. The van der Waals surface area contributed by atoms with Crippen molar-refractivity contribution in [3.63, 3.8) is 0 Å². The third-order valence-corrected chi connectivity index (χ3v) is 7.42. The summed E-state index contributed by atoms with van der Waals surface area (Å²) in [6, 6.07) is 16.4. The zero-order valence-electron chi connectivity index (χ0n) is 21.5. The molecule has 1 N–H and O–H groups in total. The van der Waals surface area contributed by atoms with Gasteiger partial charge in [-0.2, -0.15) is 0 Å². The van der Waals surface area contributed by atoms with Crippen LogP contribution in [0, 0.1) is 0 Å². The number of fused-ring (bicyclic) bond motifs is 2. The van der Waals surface area contributed by atoms with Crippen molar-refractivity contribution in [2.24, 2.45) is 10.1 Å². The van der Waals surface area contributed by atoms with E-state index < -0.39 is 0 Å². The van der Waals surface area contributed by atoms with Crippen LogP contribution in [0.3, 0.4) is 0 Å². The number of unbranched alkanes of at least 4 members (excludes halogenated alkanes) is 1. The number of carbonyl (C=O) groups excluding carboxylic acids is 2. The third kappa shape index (κ3) is 6.01. The van der Waals surface area contributed by atoms with Gasteiger partial charge in [0.05, 0.1) is 5.69 Å². The molecule has 0 atom stereocenters. The second kappa shape index (κ2) is 11.6. The van der Waals surface area contributed by atoms with Crippen LogP contribution in [0.1, 0.15) is 68.1 Å². The molecule has 37 heavy (non-hydrogen) atoms. The number of aliphatic imine (C=N–C) groups is 1. The van der Waals surface area contributed by atoms with Crippen LogP contribution in [0.15, 0.2) is 58.7 Å². The van der Waals surface area contributed by atoms with Crippen molar-refractivity contribution in [1.82, 2.24) is 15.1 Å². The highest BCUT2D eigenvalue weighted by atomic mass is 16.6. The molecular formula is C29H35N5O3. The van der Waals surface area contributed by atoms with Crippen molar-refractivity contribution in [3.05, 3.63) is 65.2 Å². The van der Waals surface area contributed by atoms with E-state index in [0.717, 1.165) is 53.8 Å². The van der Waals surface area contributed by atoms with Gasteiger partial charge < -0.3 is 14.6 Å². The number of nitrogens with one attached hydrogen (secondary N) is 1. The molecule has 0 radical (unpaired) electrons. The molecule has 0 spiro atoms. The third-order valence-electron chi connectivity index (χ3n) is 7.42. The van der Waals surface area contributed by atoms with Gasteiger partial charge in [-0.3, -0.25) is 14.9 Å². The Morgan fingerprint density at radius 3 is 2.70 bits per heavy atom. The SMILES string of the molecule is CN(C(=O)CCCCO/N=C(\c1ccccc1)c1ccc2c(c1)CN1CC(=O)NC1=N2)C1CCCCC1. The van der Waals surface area contributed by atoms with Crippen LogP contribution in [0.4, 0.5) is 5.69 Å². The van der Waals surface area contributed by atoms with Gasteiger partial charge in [-0.25, -0.2) is 4.99 Å². The highest BCUT2D eigenvalue weighted by molar-refractivity contribution is 6.13. The van der Waals surface area contributed by atoms with E-state index in [4.69, 9.17) is 4.84 Å². The molecular weight excluding hydrogens is 466 g/mol. The number of oxime groups is 1. The minimum absolute atomic E-state index is 0.0333. The normalized spacial score (nSPS) is 17.5. The van der Waals surface area contributed by atoms with E-state index >= 15 is 0 Å². The number of rotatable bonds is 9. The van der Waals surface area contributed by atoms with Crippen molar-refractivity contribution < 1.29 is 14.4 Å². The summed E-state index contributed by atoms with van der Waals surface area (Å²) in [6.45, 7) is 1.40. The quantitative estimate of drug-likeness (QED) is 0.314. The first-order valence-corrected chi connectivity index (χ1v) is 13.4. The van der Waals surface area contributed by atoms with Gasteiger partial charge in [0.2, 0.25) is 17.8 Å². The smallest absolute Gasteiger partial charge is 0.246 e. The lowest BCUT2D eigenvalue weighted by atomic mass is 9.94. The Morgan fingerprint density at radius 1 is 1.08 bits per heavy atom. The standard InChI is InChI=1S/C29H35N5O3/c1-33(24-12-6-3-7-13-24)27(36)14-8-9-17-37-32-28(21-10-4-2-5-11-21)22-15-16-25-23(18-22)19-34-20-26(35)31-29(34)30-25/h2,4-5,10-11,15-16,18,24H,3,6-9,12-14,17,19-20H2,1H3,(H,30,31,35)/b32-28+. The average molecular weight is 502 g/mol. The van der Waals surface area contributed by atoms with E-state index in [-0.39, 0.29) is 11.8 Å². The Hall–Kier alpha value is -3.68. The van der Waals surface area contributed by atoms with Crippen LogP contribution >= 0.6 is 0 Å². The Labute approximate surface area is 218 Å². The summed E-state index contributed by atoms with van der Waals surface area (Å²) in [4.78, 5) is 38.6. The lowest BCUT2D eigenvalue weighted by Crippen LogP contribution is -2.38. The molecule has 1 aliphatic carbocycles. The molecule has 1 saturated heterocycles. The largest absolute Gasteiger partial charge is 0.395 e. The first-order valence-electron chi connectivity index (χ1n) is 13.4. The van der Waals surface area contributed by atoms with Crippen molar-refractivity contribution in [2.75, 3.05) is 20.2 Å². The molecule has 2 aromatic carbocycles. The number of hydrogen-bond donors (Lipinski definition) is 1. The molecule has 2 aromatic rings. The number of benzene rings is 2. The minimum atomic E-state index is -0.0333. The number of guanidine groups is 1. The predicted octanol–water partition coefficient (Wildman–Crippen LogP) is 4.35. The van der Waals surface area contributed by atoms with Crippen LogP contribution in [0.25, 0.3) is 0 Å². The Bertz CT molecular complexity index is 1190. The maximum absolute atomic E-state index is 12.6. The van der Waals surface area contributed by atoms with Crippen molar-refractivity contribution >= 4 is 29.2 Å². The van der Waals surface area contributed by atoms with Crippen molar-refractivity contribution in [1.29, 1.82) is 0 Å². The molecule has 8 heteroatoms. The lowest BCUT2D eigenvalue weighted by Gasteiger charge is -2.31. The minimum Gasteiger partial charge on any atom is -0.395 e. The van der Waals surface area contributed by atoms with Gasteiger partial charge >= 0.3 is 0 Å². The summed E-state index contributed by atoms with van der Waals surface area (Å²) in [5, 5.41) is 7.33. The first kappa shape index (κ1) is 25.0. The van der Waals surface area contributed by atoms with Crippen LogP contribution in [0.5, 0.6) is 0 Å². The van der Waals surface area contributed by atoms with Gasteiger partial charge in [-0.1, -0.05) is 60.8 Å². The maximum atomic E-state index is 12.6. The molecule has 2 aliphatic heterocycles. The van der Waals surface area contributed by atoms with Gasteiger partial charge in [-0.05, 0) is 43.4 Å². The second-order valence-electron chi connectivity index (χ2n) is 10.1. The fourth-order valence-corrected chi connectivity index (χ4v) is 5.28. The summed E-state index contributed by atoms with van der Waals surface area (Å²) in [7, 11) is 1.95. The summed E-state index contributed by atoms with van der Waals surface area (Å²) >= 11 is 0. The van der Waals surface area contributed by atoms with Crippen LogP contribution in [-0.2, 0) is 21.0 Å². The summed E-state index contributed by atoms with van der Waals surface area (Å²) < 4.78 is 0. The monoisotopic (exact) mass is 501 g/mol. The van der Waals surface area contributed by atoms with Gasteiger partial charge in [0, 0.05) is 37.2 Å². The van der Waals surface area contributed by atoms with E-state index in [9.17, 15) is 9.59 Å². The Kier molecular flexibility index (Phi) is 7.82. The highest BCUT2D eigenvalue weighted by Gasteiger charge is 2.29. The summed E-state index contributed by atoms with van der Waals surface area (Å²) in [6.07, 6.45) is 8.11. The molecule has 2 heterocycles. The van der Waals surface area contributed by atoms with Gasteiger partial charge in [0.25, 0.3) is 0 Å². The van der Waals surface area contributed by atoms with Crippen LogP contribution in [0.2, 0.25) is 0 Å². The fourth-order valence-electron chi connectivity index (χ4n) is 5.28. The molecule has 5 rings (SSSR count). The van der Waals surface area contributed by atoms with E-state index in [0.29, 0.717) is 38.1 Å². The Morgan fingerprint density at radius 2 is 1.89 bits per heavy atom. The number of hydrogen-bond acceptors (Lipinski definition) is 6. The van der Waals surface area contributed by atoms with E-state index in [1.165, 1.54) is 19.3 Å². The Balaban J connectivity index is 1.20. The summed E-state index contributed by atoms with van der Waals surface area (Å²) in [5.41, 5.74) is 4.55.